The first-order valence-corrected chi connectivity index (χ1v) is 8.91. The van der Waals surface area contributed by atoms with Gasteiger partial charge in [-0.2, -0.15) is 0 Å². The van der Waals surface area contributed by atoms with Crippen molar-refractivity contribution >= 4 is 22.8 Å². The molecule has 1 aromatic heterocycles. The molecule has 0 saturated carbocycles. The zero-order valence-corrected chi connectivity index (χ0v) is 15.6. The summed E-state index contributed by atoms with van der Waals surface area (Å²) in [6.45, 7) is 3.22. The highest BCUT2D eigenvalue weighted by molar-refractivity contribution is 5.89. The SMILES string of the molecule is COc1ccc2c(c1)c(CC(C)N)c1n2CCCC1.O=C(O)C=CC(=O)O. The van der Waals surface area contributed by atoms with Crippen molar-refractivity contribution in [3.8, 4) is 5.75 Å². The largest absolute Gasteiger partial charge is 0.497 e. The summed E-state index contributed by atoms with van der Waals surface area (Å²) in [6.07, 6.45) is 5.82. The number of hydrogen-bond acceptors (Lipinski definition) is 4. The lowest BCUT2D eigenvalue weighted by atomic mass is 10.00. The van der Waals surface area contributed by atoms with E-state index in [-0.39, 0.29) is 6.04 Å². The molecular weight excluding hydrogens is 348 g/mol. The van der Waals surface area contributed by atoms with Crippen molar-refractivity contribution in [1.29, 1.82) is 0 Å². The van der Waals surface area contributed by atoms with Gasteiger partial charge in [0.15, 0.2) is 0 Å². The lowest BCUT2D eigenvalue weighted by Gasteiger charge is -2.17. The van der Waals surface area contributed by atoms with Gasteiger partial charge in [-0.1, -0.05) is 0 Å². The number of fused-ring (bicyclic) bond motifs is 3. The third-order valence-electron chi connectivity index (χ3n) is 4.43. The number of rotatable bonds is 5. The van der Waals surface area contributed by atoms with Crippen LogP contribution in [0.15, 0.2) is 30.4 Å². The van der Waals surface area contributed by atoms with E-state index in [9.17, 15) is 9.59 Å². The van der Waals surface area contributed by atoms with Crippen LogP contribution in [-0.2, 0) is 29.0 Å². The lowest BCUT2D eigenvalue weighted by Crippen LogP contribution is -2.19. The fraction of sp³-hybridized carbons (Fsp3) is 0.400. The van der Waals surface area contributed by atoms with Crippen molar-refractivity contribution < 1.29 is 24.5 Å². The van der Waals surface area contributed by atoms with E-state index >= 15 is 0 Å². The first-order chi connectivity index (χ1) is 12.8. The van der Waals surface area contributed by atoms with Crippen LogP contribution in [0.1, 0.15) is 31.0 Å². The zero-order valence-electron chi connectivity index (χ0n) is 15.6. The minimum atomic E-state index is -1.26. The normalized spacial score (nSPS) is 14.3. The number of carboxylic acids is 2. The standard InChI is InChI=1S/C16H22N2O.C4H4O4/c1-11(17)9-13-14-10-12(19-2)6-7-16(14)18-8-4-3-5-15(13)18;5-3(6)1-2-4(7)8/h6-7,10-11H,3-5,8-9,17H2,1-2H3;1-2H,(H,5,6)(H,7,8). The number of carboxylic acid groups (broad SMARTS) is 2. The van der Waals surface area contributed by atoms with E-state index in [4.69, 9.17) is 20.7 Å². The summed E-state index contributed by atoms with van der Waals surface area (Å²) in [6, 6.07) is 6.61. The summed E-state index contributed by atoms with van der Waals surface area (Å²) in [7, 11) is 1.72. The predicted octanol–water partition coefficient (Wildman–Crippen LogP) is 2.59. The van der Waals surface area contributed by atoms with E-state index in [1.54, 1.807) is 7.11 Å². The van der Waals surface area contributed by atoms with Crippen LogP contribution in [0.4, 0.5) is 0 Å². The molecule has 0 radical (unpaired) electrons. The second-order valence-corrected chi connectivity index (χ2v) is 6.61. The Hall–Kier alpha value is -2.80. The molecule has 0 spiro atoms. The predicted molar refractivity (Wildman–Crippen MR) is 103 cm³/mol. The number of ether oxygens (including phenoxy) is 1. The number of nitrogens with zero attached hydrogens (tertiary/aromatic N) is 1. The highest BCUT2D eigenvalue weighted by Gasteiger charge is 2.20. The van der Waals surface area contributed by atoms with E-state index < -0.39 is 11.9 Å². The third-order valence-corrected chi connectivity index (χ3v) is 4.43. The van der Waals surface area contributed by atoms with Crippen LogP contribution in [0.3, 0.4) is 0 Å². The lowest BCUT2D eigenvalue weighted by molar-refractivity contribution is -0.134. The van der Waals surface area contributed by atoms with Gasteiger partial charge in [0, 0.05) is 41.3 Å². The van der Waals surface area contributed by atoms with Crippen molar-refractivity contribution in [3.63, 3.8) is 0 Å². The van der Waals surface area contributed by atoms with Crippen molar-refractivity contribution in [2.45, 2.75) is 45.2 Å². The summed E-state index contributed by atoms with van der Waals surface area (Å²) >= 11 is 0. The van der Waals surface area contributed by atoms with E-state index in [0.717, 1.165) is 18.7 Å². The van der Waals surface area contributed by atoms with Gasteiger partial charge in [-0.3, -0.25) is 0 Å². The molecule has 1 aromatic carbocycles. The average molecular weight is 374 g/mol. The van der Waals surface area contributed by atoms with Gasteiger partial charge in [0.25, 0.3) is 0 Å². The van der Waals surface area contributed by atoms with Crippen molar-refractivity contribution in [3.05, 3.63) is 41.6 Å². The molecule has 2 heterocycles. The number of benzene rings is 1. The van der Waals surface area contributed by atoms with Crippen LogP contribution in [0.2, 0.25) is 0 Å². The molecule has 1 aliphatic heterocycles. The van der Waals surface area contributed by atoms with Crippen LogP contribution < -0.4 is 10.5 Å². The molecule has 1 aliphatic rings. The number of hydrogen-bond donors (Lipinski definition) is 3. The van der Waals surface area contributed by atoms with Crippen LogP contribution in [0, 0.1) is 0 Å². The minimum Gasteiger partial charge on any atom is -0.497 e. The van der Waals surface area contributed by atoms with Gasteiger partial charge in [0.1, 0.15) is 5.75 Å². The maximum atomic E-state index is 9.55. The van der Waals surface area contributed by atoms with Crippen molar-refractivity contribution in [2.24, 2.45) is 5.73 Å². The van der Waals surface area contributed by atoms with E-state index in [2.05, 4.69) is 29.7 Å². The molecule has 7 nitrogen and oxygen atoms in total. The van der Waals surface area contributed by atoms with Crippen LogP contribution >= 0.6 is 0 Å². The fourth-order valence-electron chi connectivity index (χ4n) is 3.38. The maximum Gasteiger partial charge on any atom is 0.328 e. The summed E-state index contributed by atoms with van der Waals surface area (Å²) in [5.74, 6) is -1.58. The number of carbonyl (C=O) groups is 2. The molecule has 4 N–H and O–H groups in total. The Labute approximate surface area is 158 Å². The van der Waals surface area contributed by atoms with Crippen LogP contribution in [0.5, 0.6) is 5.75 Å². The quantitative estimate of drug-likeness (QED) is 0.693. The molecule has 0 saturated heterocycles. The maximum absolute atomic E-state index is 9.55. The molecule has 3 rings (SSSR count). The monoisotopic (exact) mass is 374 g/mol. The zero-order chi connectivity index (χ0) is 20.0. The Morgan fingerprint density at radius 1 is 1.26 bits per heavy atom. The molecule has 0 aliphatic carbocycles. The van der Waals surface area contributed by atoms with Gasteiger partial charge in [0.05, 0.1) is 7.11 Å². The Morgan fingerprint density at radius 2 is 1.93 bits per heavy atom. The summed E-state index contributed by atoms with van der Waals surface area (Å²) < 4.78 is 7.86. The van der Waals surface area contributed by atoms with Crippen molar-refractivity contribution in [1.82, 2.24) is 4.57 Å². The van der Waals surface area contributed by atoms with Crippen LogP contribution in [-0.4, -0.2) is 39.9 Å². The van der Waals surface area contributed by atoms with E-state index in [1.807, 2.05) is 0 Å². The Balaban J connectivity index is 0.000000279. The summed E-state index contributed by atoms with van der Waals surface area (Å²) in [5.41, 5.74) is 10.3. The van der Waals surface area contributed by atoms with Gasteiger partial charge >= 0.3 is 11.9 Å². The minimum absolute atomic E-state index is 0.198. The Bertz CT molecular complexity index is 836. The van der Waals surface area contributed by atoms with E-state index in [0.29, 0.717) is 12.2 Å². The number of methoxy groups -OCH3 is 1. The van der Waals surface area contributed by atoms with Crippen molar-refractivity contribution in [2.75, 3.05) is 7.11 Å². The van der Waals surface area contributed by atoms with Gasteiger partial charge in [-0.25, -0.2) is 9.59 Å². The highest BCUT2D eigenvalue weighted by Crippen LogP contribution is 2.33. The van der Waals surface area contributed by atoms with Crippen LogP contribution in [0.25, 0.3) is 10.9 Å². The molecule has 146 valence electrons. The van der Waals surface area contributed by atoms with Gasteiger partial charge in [0.2, 0.25) is 0 Å². The van der Waals surface area contributed by atoms with Gasteiger partial charge < -0.3 is 25.3 Å². The molecule has 1 atom stereocenters. The number of aryl methyl sites for hydroxylation is 1. The number of aliphatic carboxylic acids is 2. The molecule has 2 aromatic rings. The molecule has 0 amide bonds. The second-order valence-electron chi connectivity index (χ2n) is 6.61. The molecular formula is C20H26N2O5. The second kappa shape index (κ2) is 9.23. The van der Waals surface area contributed by atoms with Gasteiger partial charge in [-0.15, -0.1) is 0 Å². The first kappa shape index (κ1) is 20.5. The number of nitrogens with two attached hydrogens (primary N) is 1. The van der Waals surface area contributed by atoms with E-state index in [1.165, 1.54) is 41.4 Å². The molecule has 0 fully saturated rings. The third kappa shape index (κ3) is 5.34. The molecule has 7 heteroatoms. The molecule has 27 heavy (non-hydrogen) atoms. The highest BCUT2D eigenvalue weighted by atomic mass is 16.5. The average Bonchev–Trinajstić information content (AvgIpc) is 2.93. The summed E-state index contributed by atoms with van der Waals surface area (Å²) in [4.78, 5) is 19.1. The Kier molecular flexibility index (Phi) is 7.01. The summed E-state index contributed by atoms with van der Waals surface area (Å²) in [5, 5.41) is 17.0. The Morgan fingerprint density at radius 3 is 2.48 bits per heavy atom. The molecule has 0 bridgehead atoms. The van der Waals surface area contributed by atoms with Gasteiger partial charge in [-0.05, 0) is 56.4 Å². The molecule has 1 unspecified atom stereocenters. The smallest absolute Gasteiger partial charge is 0.328 e. The topological polar surface area (TPSA) is 115 Å². The number of aromatic nitrogens is 1. The fourth-order valence-corrected chi connectivity index (χ4v) is 3.38. The first-order valence-electron chi connectivity index (χ1n) is 8.91.